The summed E-state index contributed by atoms with van der Waals surface area (Å²) >= 11 is 0. The van der Waals surface area contributed by atoms with Crippen LogP contribution in [-0.2, 0) is 6.42 Å². The van der Waals surface area contributed by atoms with Crippen LogP contribution in [0.4, 0.5) is 5.69 Å². The number of rotatable bonds is 7. The van der Waals surface area contributed by atoms with Crippen LogP contribution in [0.25, 0.3) is 0 Å². The summed E-state index contributed by atoms with van der Waals surface area (Å²) in [4.78, 5) is 14.6. The molecule has 0 atom stereocenters. The summed E-state index contributed by atoms with van der Waals surface area (Å²) in [6.45, 7) is 7.87. The van der Waals surface area contributed by atoms with Gasteiger partial charge in [0.15, 0.2) is 5.78 Å². The maximum Gasteiger partial charge on any atom is 0.176 e. The van der Waals surface area contributed by atoms with Crippen LogP contribution in [-0.4, -0.2) is 36.9 Å². The molecular weight excluding hydrogens is 236 g/mol. The number of fused-ring (bicyclic) bond motifs is 1. The maximum absolute atomic E-state index is 12.3. The first kappa shape index (κ1) is 14.1. The quantitative estimate of drug-likeness (QED) is 0.765. The van der Waals surface area contributed by atoms with Gasteiger partial charge in [-0.2, -0.15) is 0 Å². The fraction of sp³-hybridized carbons (Fsp3) is 0.562. The van der Waals surface area contributed by atoms with Gasteiger partial charge in [0, 0.05) is 17.8 Å². The molecule has 0 saturated carbocycles. The van der Waals surface area contributed by atoms with Gasteiger partial charge in [0.25, 0.3) is 0 Å². The van der Waals surface area contributed by atoms with E-state index in [0.717, 1.165) is 44.5 Å². The number of ketones is 1. The van der Waals surface area contributed by atoms with E-state index in [9.17, 15) is 4.79 Å². The fourth-order valence-electron chi connectivity index (χ4n) is 2.68. The summed E-state index contributed by atoms with van der Waals surface area (Å²) in [6, 6.07) is 6.06. The molecule has 0 saturated heterocycles. The van der Waals surface area contributed by atoms with Crippen molar-refractivity contribution in [1.82, 2.24) is 4.90 Å². The van der Waals surface area contributed by atoms with Gasteiger partial charge in [-0.25, -0.2) is 0 Å². The van der Waals surface area contributed by atoms with Crippen molar-refractivity contribution in [3.8, 4) is 0 Å². The monoisotopic (exact) mass is 260 g/mol. The first-order chi connectivity index (χ1) is 9.24. The number of carbonyl (C=O) groups excluding carboxylic acids is 1. The van der Waals surface area contributed by atoms with Crippen molar-refractivity contribution in [3.63, 3.8) is 0 Å². The molecule has 0 aliphatic carbocycles. The van der Waals surface area contributed by atoms with Crippen molar-refractivity contribution in [2.24, 2.45) is 0 Å². The van der Waals surface area contributed by atoms with Crippen molar-refractivity contribution in [3.05, 3.63) is 29.3 Å². The van der Waals surface area contributed by atoms with Crippen LogP contribution in [0.1, 0.15) is 42.6 Å². The highest BCUT2D eigenvalue weighted by Crippen LogP contribution is 2.23. The summed E-state index contributed by atoms with van der Waals surface area (Å²) < 4.78 is 0. The third-order valence-corrected chi connectivity index (χ3v) is 3.58. The highest BCUT2D eigenvalue weighted by molar-refractivity contribution is 5.98. The smallest absolute Gasteiger partial charge is 0.176 e. The van der Waals surface area contributed by atoms with Crippen molar-refractivity contribution >= 4 is 11.5 Å². The third-order valence-electron chi connectivity index (χ3n) is 3.58. The zero-order valence-corrected chi connectivity index (χ0v) is 12.0. The van der Waals surface area contributed by atoms with E-state index in [1.807, 2.05) is 12.1 Å². The molecule has 1 aromatic carbocycles. The molecule has 3 heteroatoms. The normalized spacial score (nSPS) is 13.4. The van der Waals surface area contributed by atoms with Crippen LogP contribution in [0.3, 0.4) is 0 Å². The van der Waals surface area contributed by atoms with Gasteiger partial charge >= 0.3 is 0 Å². The van der Waals surface area contributed by atoms with Gasteiger partial charge in [0.05, 0.1) is 6.54 Å². The Hall–Kier alpha value is -1.35. The Kier molecular flexibility index (Phi) is 4.97. The van der Waals surface area contributed by atoms with Gasteiger partial charge in [0.2, 0.25) is 0 Å². The molecule has 1 N–H and O–H groups in total. The molecule has 19 heavy (non-hydrogen) atoms. The van der Waals surface area contributed by atoms with Gasteiger partial charge in [-0.05, 0) is 56.1 Å². The van der Waals surface area contributed by atoms with Crippen LogP contribution < -0.4 is 5.32 Å². The predicted octanol–water partition coefficient (Wildman–Crippen LogP) is 2.96. The standard InChI is InChI=1S/C16H24N2O/c1-3-9-18(10-4-2)12-16(19)14-5-6-15-13(11-14)7-8-17-15/h5-6,11,17H,3-4,7-10,12H2,1-2H3. The Morgan fingerprint density at radius 1 is 1.26 bits per heavy atom. The Morgan fingerprint density at radius 3 is 2.68 bits per heavy atom. The van der Waals surface area contributed by atoms with Crippen LogP contribution >= 0.6 is 0 Å². The van der Waals surface area contributed by atoms with Gasteiger partial charge < -0.3 is 5.32 Å². The minimum absolute atomic E-state index is 0.247. The zero-order valence-electron chi connectivity index (χ0n) is 12.0. The second-order valence-electron chi connectivity index (χ2n) is 5.25. The van der Waals surface area contributed by atoms with E-state index in [-0.39, 0.29) is 5.78 Å². The van der Waals surface area contributed by atoms with Gasteiger partial charge in [-0.15, -0.1) is 0 Å². The van der Waals surface area contributed by atoms with Crippen LogP contribution in [0.15, 0.2) is 18.2 Å². The van der Waals surface area contributed by atoms with E-state index in [1.54, 1.807) is 0 Å². The molecule has 0 amide bonds. The number of hydrogen-bond donors (Lipinski definition) is 1. The minimum Gasteiger partial charge on any atom is -0.384 e. The Labute approximate surface area is 116 Å². The summed E-state index contributed by atoms with van der Waals surface area (Å²) in [5.41, 5.74) is 3.33. The lowest BCUT2D eigenvalue weighted by molar-refractivity contribution is 0.0930. The summed E-state index contributed by atoms with van der Waals surface area (Å²) in [7, 11) is 0. The van der Waals surface area contributed by atoms with Crippen LogP contribution in [0.5, 0.6) is 0 Å². The Balaban J connectivity index is 2.02. The largest absolute Gasteiger partial charge is 0.384 e. The predicted molar refractivity (Wildman–Crippen MR) is 80.0 cm³/mol. The first-order valence-electron chi connectivity index (χ1n) is 7.37. The summed E-state index contributed by atoms with van der Waals surface area (Å²) in [6.07, 6.45) is 3.23. The highest BCUT2D eigenvalue weighted by Gasteiger charge is 2.15. The number of Topliss-reactive ketones (excluding diaryl/α,β-unsaturated/α-hetero) is 1. The SMILES string of the molecule is CCCN(CCC)CC(=O)c1ccc2c(c1)CCN2. The number of benzene rings is 1. The van der Waals surface area contributed by atoms with Gasteiger partial charge in [-0.3, -0.25) is 9.69 Å². The number of hydrogen-bond acceptors (Lipinski definition) is 3. The number of carbonyl (C=O) groups is 1. The second-order valence-corrected chi connectivity index (χ2v) is 5.25. The topological polar surface area (TPSA) is 32.3 Å². The Morgan fingerprint density at radius 2 is 2.00 bits per heavy atom. The molecule has 0 spiro atoms. The molecule has 0 bridgehead atoms. The van der Waals surface area contributed by atoms with Gasteiger partial charge in [-0.1, -0.05) is 13.8 Å². The van der Waals surface area contributed by atoms with Crippen molar-refractivity contribution < 1.29 is 4.79 Å². The lowest BCUT2D eigenvalue weighted by atomic mass is 10.0. The third kappa shape index (κ3) is 3.57. The lowest BCUT2D eigenvalue weighted by Crippen LogP contribution is -2.31. The number of anilines is 1. The molecule has 1 aromatic rings. The fourth-order valence-corrected chi connectivity index (χ4v) is 2.68. The second kappa shape index (κ2) is 6.71. The van der Waals surface area contributed by atoms with E-state index in [2.05, 4.69) is 30.1 Å². The molecule has 3 nitrogen and oxygen atoms in total. The van der Waals surface area contributed by atoms with Crippen LogP contribution in [0, 0.1) is 0 Å². The molecular formula is C16H24N2O. The minimum atomic E-state index is 0.247. The van der Waals surface area contributed by atoms with Crippen molar-refractivity contribution in [1.29, 1.82) is 0 Å². The van der Waals surface area contributed by atoms with Crippen LogP contribution in [0.2, 0.25) is 0 Å². The highest BCUT2D eigenvalue weighted by atomic mass is 16.1. The van der Waals surface area contributed by atoms with E-state index >= 15 is 0 Å². The molecule has 2 rings (SSSR count). The summed E-state index contributed by atoms with van der Waals surface area (Å²) in [5, 5.41) is 3.33. The van der Waals surface area contributed by atoms with E-state index in [0.29, 0.717) is 6.54 Å². The average molecular weight is 260 g/mol. The lowest BCUT2D eigenvalue weighted by Gasteiger charge is -2.20. The summed E-state index contributed by atoms with van der Waals surface area (Å²) in [5.74, 6) is 0.247. The van der Waals surface area contributed by atoms with Crippen molar-refractivity contribution in [2.75, 3.05) is 31.5 Å². The molecule has 0 radical (unpaired) electrons. The number of nitrogens with zero attached hydrogens (tertiary/aromatic N) is 1. The van der Waals surface area contributed by atoms with E-state index < -0.39 is 0 Å². The van der Waals surface area contributed by atoms with E-state index in [4.69, 9.17) is 0 Å². The van der Waals surface area contributed by atoms with Crippen molar-refractivity contribution in [2.45, 2.75) is 33.1 Å². The molecule has 0 fully saturated rings. The molecule has 1 aliphatic rings. The van der Waals surface area contributed by atoms with Gasteiger partial charge in [0.1, 0.15) is 0 Å². The first-order valence-corrected chi connectivity index (χ1v) is 7.37. The number of nitrogens with one attached hydrogen (secondary N) is 1. The molecule has 0 aromatic heterocycles. The molecule has 104 valence electrons. The molecule has 1 aliphatic heterocycles. The Bertz CT molecular complexity index is 436. The molecule has 0 unspecified atom stereocenters. The molecule has 1 heterocycles. The zero-order chi connectivity index (χ0) is 13.7. The van der Waals surface area contributed by atoms with E-state index in [1.165, 1.54) is 11.3 Å². The average Bonchev–Trinajstić information content (AvgIpc) is 2.86. The maximum atomic E-state index is 12.3.